The second-order valence-electron chi connectivity index (χ2n) is 4.84. The zero-order valence-electron chi connectivity index (χ0n) is 11.6. The molecule has 0 saturated heterocycles. The Kier molecular flexibility index (Phi) is 2.80. The molecule has 0 unspecified atom stereocenters. The zero-order valence-corrected chi connectivity index (χ0v) is 11.6. The number of nitriles is 1. The highest BCUT2D eigenvalue weighted by Crippen LogP contribution is 2.36. The Balaban J connectivity index is 1.88. The predicted octanol–water partition coefficient (Wildman–Crippen LogP) is 3.14. The van der Waals surface area contributed by atoms with Crippen molar-refractivity contribution in [1.29, 1.82) is 5.26 Å². The summed E-state index contributed by atoms with van der Waals surface area (Å²) in [6.45, 7) is 0.236. The molecule has 0 spiro atoms. The first-order valence-corrected chi connectivity index (χ1v) is 6.81. The van der Waals surface area contributed by atoms with Crippen LogP contribution in [-0.4, -0.2) is 16.6 Å². The number of benzene rings is 2. The van der Waals surface area contributed by atoms with E-state index in [0.29, 0.717) is 11.4 Å². The standard InChI is InChI=1S/C17H11N3O2/c18-10-13-9-15(20(19-13)14-4-2-1-3-5-14)12-6-7-16-17(8-12)22-11-21-16/h1-9H,11H2. The van der Waals surface area contributed by atoms with E-state index >= 15 is 0 Å². The summed E-state index contributed by atoms with van der Waals surface area (Å²) in [6.07, 6.45) is 0. The Morgan fingerprint density at radius 1 is 1.00 bits per heavy atom. The van der Waals surface area contributed by atoms with Crippen molar-refractivity contribution in [1.82, 2.24) is 9.78 Å². The Bertz CT molecular complexity index is 879. The summed E-state index contributed by atoms with van der Waals surface area (Å²) >= 11 is 0. The minimum Gasteiger partial charge on any atom is -0.454 e. The van der Waals surface area contributed by atoms with Crippen LogP contribution in [0, 0.1) is 11.3 Å². The number of rotatable bonds is 2. The molecule has 0 N–H and O–H groups in total. The number of nitrogens with zero attached hydrogens (tertiary/aromatic N) is 3. The summed E-state index contributed by atoms with van der Waals surface area (Å²) in [6, 6.07) is 19.3. The Morgan fingerprint density at radius 2 is 1.82 bits per heavy atom. The average Bonchev–Trinajstić information content (AvgIpc) is 3.21. The molecular formula is C17H11N3O2. The molecule has 5 heteroatoms. The third-order valence-corrected chi connectivity index (χ3v) is 3.49. The molecule has 0 atom stereocenters. The van der Waals surface area contributed by atoms with Crippen LogP contribution in [0.15, 0.2) is 54.6 Å². The van der Waals surface area contributed by atoms with Gasteiger partial charge >= 0.3 is 0 Å². The number of ether oxygens (including phenoxy) is 2. The van der Waals surface area contributed by atoms with Gasteiger partial charge in [0.05, 0.1) is 11.4 Å². The van der Waals surface area contributed by atoms with E-state index in [4.69, 9.17) is 14.7 Å². The summed E-state index contributed by atoms with van der Waals surface area (Å²) in [7, 11) is 0. The van der Waals surface area contributed by atoms with Crippen molar-refractivity contribution < 1.29 is 9.47 Å². The largest absolute Gasteiger partial charge is 0.454 e. The lowest BCUT2D eigenvalue weighted by Gasteiger charge is -2.08. The number of hydrogen-bond acceptors (Lipinski definition) is 4. The quantitative estimate of drug-likeness (QED) is 0.727. The maximum absolute atomic E-state index is 9.15. The van der Waals surface area contributed by atoms with Gasteiger partial charge < -0.3 is 9.47 Å². The molecule has 1 aliphatic heterocycles. The van der Waals surface area contributed by atoms with Crippen molar-refractivity contribution >= 4 is 0 Å². The van der Waals surface area contributed by atoms with E-state index in [1.54, 1.807) is 10.7 Å². The van der Waals surface area contributed by atoms with Crippen LogP contribution >= 0.6 is 0 Å². The summed E-state index contributed by atoms with van der Waals surface area (Å²) in [5.74, 6) is 1.44. The number of hydrogen-bond donors (Lipinski definition) is 0. The molecule has 106 valence electrons. The summed E-state index contributed by atoms with van der Waals surface area (Å²) in [5.41, 5.74) is 3.02. The summed E-state index contributed by atoms with van der Waals surface area (Å²) in [4.78, 5) is 0. The third-order valence-electron chi connectivity index (χ3n) is 3.49. The molecule has 22 heavy (non-hydrogen) atoms. The summed E-state index contributed by atoms with van der Waals surface area (Å²) in [5, 5.41) is 13.5. The van der Waals surface area contributed by atoms with E-state index in [-0.39, 0.29) is 6.79 Å². The van der Waals surface area contributed by atoms with Crippen LogP contribution in [0.25, 0.3) is 16.9 Å². The molecule has 0 fully saturated rings. The van der Waals surface area contributed by atoms with Gasteiger partial charge in [-0.15, -0.1) is 0 Å². The van der Waals surface area contributed by atoms with Crippen molar-refractivity contribution in [3.8, 4) is 34.5 Å². The van der Waals surface area contributed by atoms with Crippen LogP contribution in [0.1, 0.15) is 5.69 Å². The topological polar surface area (TPSA) is 60.1 Å². The molecule has 2 aromatic carbocycles. The molecule has 3 aromatic rings. The Hall–Kier alpha value is -3.26. The number of fused-ring (bicyclic) bond motifs is 1. The van der Waals surface area contributed by atoms with Crippen LogP contribution < -0.4 is 9.47 Å². The van der Waals surface area contributed by atoms with Crippen molar-refractivity contribution in [3.63, 3.8) is 0 Å². The molecule has 0 radical (unpaired) electrons. The second kappa shape index (κ2) is 4.93. The van der Waals surface area contributed by atoms with Gasteiger partial charge in [0.2, 0.25) is 6.79 Å². The fraction of sp³-hybridized carbons (Fsp3) is 0.0588. The smallest absolute Gasteiger partial charge is 0.231 e. The molecule has 0 aliphatic carbocycles. The van der Waals surface area contributed by atoms with E-state index in [2.05, 4.69) is 11.2 Å². The van der Waals surface area contributed by atoms with Gasteiger partial charge in [0.1, 0.15) is 6.07 Å². The molecule has 5 nitrogen and oxygen atoms in total. The Morgan fingerprint density at radius 3 is 2.64 bits per heavy atom. The molecule has 0 amide bonds. The zero-order chi connectivity index (χ0) is 14.9. The van der Waals surface area contributed by atoms with E-state index in [1.807, 2.05) is 48.5 Å². The first-order valence-electron chi connectivity index (χ1n) is 6.81. The predicted molar refractivity (Wildman–Crippen MR) is 79.8 cm³/mol. The van der Waals surface area contributed by atoms with Gasteiger partial charge in [0.25, 0.3) is 0 Å². The lowest BCUT2D eigenvalue weighted by atomic mass is 10.1. The van der Waals surface area contributed by atoms with Gasteiger partial charge in [-0.05, 0) is 30.3 Å². The average molecular weight is 289 g/mol. The van der Waals surface area contributed by atoms with Crippen LogP contribution in [-0.2, 0) is 0 Å². The van der Waals surface area contributed by atoms with Gasteiger partial charge in [-0.25, -0.2) is 4.68 Å². The third kappa shape index (κ3) is 1.98. The summed E-state index contributed by atoms with van der Waals surface area (Å²) < 4.78 is 12.5. The number of aromatic nitrogens is 2. The highest BCUT2D eigenvalue weighted by molar-refractivity contribution is 5.67. The minimum absolute atomic E-state index is 0.236. The highest BCUT2D eigenvalue weighted by Gasteiger charge is 2.17. The SMILES string of the molecule is N#Cc1cc(-c2ccc3c(c2)OCO3)n(-c2ccccc2)n1. The Labute approximate surface area is 126 Å². The van der Waals surface area contributed by atoms with Gasteiger partial charge in [-0.2, -0.15) is 10.4 Å². The minimum atomic E-state index is 0.236. The van der Waals surface area contributed by atoms with Gasteiger partial charge in [0, 0.05) is 11.6 Å². The first-order chi connectivity index (χ1) is 10.8. The molecule has 2 heterocycles. The number of para-hydroxylation sites is 1. The van der Waals surface area contributed by atoms with Crippen LogP contribution in [0.4, 0.5) is 0 Å². The van der Waals surface area contributed by atoms with Crippen LogP contribution in [0.3, 0.4) is 0 Å². The van der Waals surface area contributed by atoms with E-state index < -0.39 is 0 Å². The van der Waals surface area contributed by atoms with Crippen molar-refractivity contribution in [2.75, 3.05) is 6.79 Å². The lowest BCUT2D eigenvalue weighted by Crippen LogP contribution is -1.99. The molecule has 4 rings (SSSR count). The van der Waals surface area contributed by atoms with Gasteiger partial charge in [0.15, 0.2) is 17.2 Å². The highest BCUT2D eigenvalue weighted by atomic mass is 16.7. The molecular weight excluding hydrogens is 278 g/mol. The maximum Gasteiger partial charge on any atom is 0.231 e. The fourth-order valence-corrected chi connectivity index (χ4v) is 2.46. The van der Waals surface area contributed by atoms with Crippen molar-refractivity contribution in [2.45, 2.75) is 0 Å². The molecule has 0 saturated carbocycles. The second-order valence-corrected chi connectivity index (χ2v) is 4.84. The molecule has 1 aromatic heterocycles. The van der Waals surface area contributed by atoms with E-state index in [1.165, 1.54) is 0 Å². The lowest BCUT2D eigenvalue weighted by molar-refractivity contribution is 0.174. The first kappa shape index (κ1) is 12.5. The van der Waals surface area contributed by atoms with Crippen LogP contribution in [0.2, 0.25) is 0 Å². The molecule has 0 bridgehead atoms. The maximum atomic E-state index is 9.15. The molecule has 1 aliphatic rings. The van der Waals surface area contributed by atoms with Crippen LogP contribution in [0.5, 0.6) is 11.5 Å². The van der Waals surface area contributed by atoms with Crippen molar-refractivity contribution in [3.05, 3.63) is 60.3 Å². The monoisotopic (exact) mass is 289 g/mol. The van der Waals surface area contributed by atoms with E-state index in [9.17, 15) is 0 Å². The van der Waals surface area contributed by atoms with Gasteiger partial charge in [-0.1, -0.05) is 18.2 Å². The van der Waals surface area contributed by atoms with Crippen molar-refractivity contribution in [2.24, 2.45) is 0 Å². The fourth-order valence-electron chi connectivity index (χ4n) is 2.46. The van der Waals surface area contributed by atoms with Gasteiger partial charge in [-0.3, -0.25) is 0 Å². The van der Waals surface area contributed by atoms with E-state index in [0.717, 1.165) is 22.7 Å². The normalized spacial score (nSPS) is 12.1.